The highest BCUT2D eigenvalue weighted by Gasteiger charge is 2.05. The highest BCUT2D eigenvalue weighted by Crippen LogP contribution is 2.24. The molecule has 2 heterocycles. The molecule has 2 aromatic rings. The van der Waals surface area contributed by atoms with Crippen molar-refractivity contribution in [2.75, 3.05) is 11.9 Å². The van der Waals surface area contributed by atoms with E-state index in [1.807, 2.05) is 6.92 Å². The Kier molecular flexibility index (Phi) is 3.16. The summed E-state index contributed by atoms with van der Waals surface area (Å²) in [6, 6.07) is 2.08. The quantitative estimate of drug-likeness (QED) is 0.806. The molecule has 4 heteroatoms. The molecule has 0 aromatic carbocycles. The third-order valence-electron chi connectivity index (χ3n) is 2.26. The van der Waals surface area contributed by atoms with Crippen LogP contribution in [0.2, 0.25) is 0 Å². The molecule has 0 unspecified atom stereocenters. The summed E-state index contributed by atoms with van der Waals surface area (Å²) in [5.41, 5.74) is 0. The van der Waals surface area contributed by atoms with Gasteiger partial charge in [-0.05, 0) is 24.8 Å². The van der Waals surface area contributed by atoms with Crippen molar-refractivity contribution in [2.45, 2.75) is 26.7 Å². The predicted octanol–water partition coefficient (Wildman–Crippen LogP) is 3.21. The molecule has 0 radical (unpaired) electrons. The average Bonchev–Trinajstić information content (AvgIpc) is 2.65. The first-order chi connectivity index (χ1) is 7.31. The molecular weight excluding hydrogens is 206 g/mol. The second-order valence-corrected chi connectivity index (χ2v) is 4.43. The number of hydrogen-bond acceptors (Lipinski definition) is 4. The van der Waals surface area contributed by atoms with Gasteiger partial charge in [-0.3, -0.25) is 0 Å². The fourth-order valence-corrected chi connectivity index (χ4v) is 2.29. The van der Waals surface area contributed by atoms with Gasteiger partial charge in [0, 0.05) is 6.54 Å². The van der Waals surface area contributed by atoms with Crippen molar-refractivity contribution in [2.24, 2.45) is 0 Å². The Balaban J connectivity index is 2.27. The number of unbranched alkanes of at least 4 members (excludes halogenated alkanes) is 1. The lowest BCUT2D eigenvalue weighted by Gasteiger charge is -2.06. The molecule has 2 aromatic heterocycles. The van der Waals surface area contributed by atoms with Crippen molar-refractivity contribution in [3.05, 3.63) is 17.3 Å². The van der Waals surface area contributed by atoms with Gasteiger partial charge in [0.05, 0.1) is 5.39 Å². The first-order valence-electron chi connectivity index (χ1n) is 5.27. The van der Waals surface area contributed by atoms with E-state index < -0.39 is 0 Å². The molecule has 2 rings (SSSR count). The van der Waals surface area contributed by atoms with Gasteiger partial charge in [-0.15, -0.1) is 11.3 Å². The van der Waals surface area contributed by atoms with Crippen LogP contribution in [-0.2, 0) is 0 Å². The fraction of sp³-hybridized carbons (Fsp3) is 0.455. The highest BCUT2D eigenvalue weighted by molar-refractivity contribution is 7.16. The number of aromatic nitrogens is 2. The number of nitrogens with zero attached hydrogens (tertiary/aromatic N) is 2. The van der Waals surface area contributed by atoms with E-state index in [0.29, 0.717) is 0 Å². The van der Waals surface area contributed by atoms with Crippen LogP contribution in [0.5, 0.6) is 0 Å². The fourth-order valence-electron chi connectivity index (χ4n) is 1.48. The Morgan fingerprint density at radius 3 is 3.07 bits per heavy atom. The molecule has 0 aliphatic heterocycles. The zero-order valence-electron chi connectivity index (χ0n) is 9.08. The molecule has 1 N–H and O–H groups in total. The zero-order chi connectivity index (χ0) is 10.7. The second kappa shape index (κ2) is 4.57. The lowest BCUT2D eigenvalue weighted by molar-refractivity contribution is 0.830. The maximum absolute atomic E-state index is 4.43. The molecule has 0 saturated heterocycles. The second-order valence-electron chi connectivity index (χ2n) is 3.54. The Labute approximate surface area is 93.6 Å². The summed E-state index contributed by atoms with van der Waals surface area (Å²) in [6.45, 7) is 5.11. The normalized spacial score (nSPS) is 10.8. The summed E-state index contributed by atoms with van der Waals surface area (Å²) in [7, 11) is 0. The minimum atomic E-state index is 0.837. The van der Waals surface area contributed by atoms with Crippen LogP contribution >= 0.6 is 11.3 Å². The van der Waals surface area contributed by atoms with Crippen LogP contribution in [0.1, 0.15) is 25.6 Å². The Hall–Kier alpha value is -1.16. The minimum Gasteiger partial charge on any atom is -0.369 e. The summed E-state index contributed by atoms with van der Waals surface area (Å²) in [5.74, 6) is 1.82. The lowest BCUT2D eigenvalue weighted by atomic mass is 10.3. The van der Waals surface area contributed by atoms with Gasteiger partial charge in [-0.25, -0.2) is 9.97 Å². The number of rotatable bonds is 4. The highest BCUT2D eigenvalue weighted by atomic mass is 32.1. The van der Waals surface area contributed by atoms with Gasteiger partial charge in [0.2, 0.25) is 0 Å². The topological polar surface area (TPSA) is 37.8 Å². The van der Waals surface area contributed by atoms with E-state index in [1.165, 1.54) is 12.8 Å². The molecule has 0 amide bonds. The monoisotopic (exact) mass is 221 g/mol. The molecule has 0 fully saturated rings. The number of hydrogen-bond donors (Lipinski definition) is 1. The van der Waals surface area contributed by atoms with Crippen molar-refractivity contribution in [3.8, 4) is 0 Å². The van der Waals surface area contributed by atoms with Gasteiger partial charge in [0.15, 0.2) is 0 Å². The SMILES string of the molecule is CCCCNc1nc(C)nc2sccc12. The van der Waals surface area contributed by atoms with E-state index in [9.17, 15) is 0 Å². The van der Waals surface area contributed by atoms with Crippen molar-refractivity contribution in [1.29, 1.82) is 0 Å². The van der Waals surface area contributed by atoms with Gasteiger partial charge in [0.25, 0.3) is 0 Å². The number of anilines is 1. The number of nitrogens with one attached hydrogen (secondary N) is 1. The first kappa shape index (κ1) is 10.4. The molecule has 80 valence electrons. The van der Waals surface area contributed by atoms with Crippen LogP contribution in [0.4, 0.5) is 5.82 Å². The smallest absolute Gasteiger partial charge is 0.138 e. The molecule has 0 aliphatic carbocycles. The molecule has 0 aliphatic rings. The molecule has 0 bridgehead atoms. The maximum atomic E-state index is 4.43. The number of fused-ring (bicyclic) bond motifs is 1. The third kappa shape index (κ3) is 2.26. The van der Waals surface area contributed by atoms with E-state index in [2.05, 4.69) is 33.7 Å². The minimum absolute atomic E-state index is 0.837. The number of thiophene rings is 1. The van der Waals surface area contributed by atoms with Crippen molar-refractivity contribution < 1.29 is 0 Å². The van der Waals surface area contributed by atoms with E-state index in [4.69, 9.17) is 0 Å². The van der Waals surface area contributed by atoms with E-state index in [1.54, 1.807) is 11.3 Å². The summed E-state index contributed by atoms with van der Waals surface area (Å²) < 4.78 is 0. The summed E-state index contributed by atoms with van der Waals surface area (Å²) in [6.07, 6.45) is 2.37. The van der Waals surface area contributed by atoms with Crippen molar-refractivity contribution in [3.63, 3.8) is 0 Å². The standard InChI is InChI=1S/C11H15N3S/c1-3-4-6-12-10-9-5-7-15-11(9)14-8(2)13-10/h5,7H,3-4,6H2,1-2H3,(H,12,13,14). The van der Waals surface area contributed by atoms with Crippen LogP contribution in [0.3, 0.4) is 0 Å². The van der Waals surface area contributed by atoms with Crippen molar-refractivity contribution >= 4 is 27.4 Å². The lowest BCUT2D eigenvalue weighted by Crippen LogP contribution is -2.04. The molecule has 15 heavy (non-hydrogen) atoms. The summed E-state index contributed by atoms with van der Waals surface area (Å²) in [4.78, 5) is 9.89. The van der Waals surface area contributed by atoms with Crippen LogP contribution in [-0.4, -0.2) is 16.5 Å². The predicted molar refractivity (Wildman–Crippen MR) is 65.5 cm³/mol. The van der Waals surface area contributed by atoms with E-state index in [-0.39, 0.29) is 0 Å². The molecular formula is C11H15N3S. The van der Waals surface area contributed by atoms with Crippen molar-refractivity contribution in [1.82, 2.24) is 9.97 Å². The molecule has 0 atom stereocenters. The largest absolute Gasteiger partial charge is 0.369 e. The van der Waals surface area contributed by atoms with Gasteiger partial charge in [-0.1, -0.05) is 13.3 Å². The number of aryl methyl sites for hydroxylation is 1. The Bertz CT molecular complexity index is 450. The molecule has 0 saturated carbocycles. The zero-order valence-corrected chi connectivity index (χ0v) is 9.90. The Morgan fingerprint density at radius 2 is 2.27 bits per heavy atom. The van der Waals surface area contributed by atoms with Gasteiger partial charge < -0.3 is 5.32 Å². The maximum Gasteiger partial charge on any atom is 0.138 e. The molecule has 0 spiro atoms. The van der Waals surface area contributed by atoms with E-state index >= 15 is 0 Å². The van der Waals surface area contributed by atoms with Crippen LogP contribution in [0.25, 0.3) is 10.2 Å². The third-order valence-corrected chi connectivity index (χ3v) is 3.07. The summed E-state index contributed by atoms with van der Waals surface area (Å²) >= 11 is 1.66. The van der Waals surface area contributed by atoms with Gasteiger partial charge in [-0.2, -0.15) is 0 Å². The van der Waals surface area contributed by atoms with Crippen LogP contribution in [0.15, 0.2) is 11.4 Å². The van der Waals surface area contributed by atoms with Gasteiger partial charge >= 0.3 is 0 Å². The Morgan fingerprint density at radius 1 is 1.40 bits per heavy atom. The molecule has 3 nitrogen and oxygen atoms in total. The van der Waals surface area contributed by atoms with Crippen LogP contribution < -0.4 is 5.32 Å². The van der Waals surface area contributed by atoms with Gasteiger partial charge in [0.1, 0.15) is 16.5 Å². The van der Waals surface area contributed by atoms with E-state index in [0.717, 1.165) is 28.4 Å². The first-order valence-corrected chi connectivity index (χ1v) is 6.15. The summed E-state index contributed by atoms with van der Waals surface area (Å²) in [5, 5.41) is 6.57. The average molecular weight is 221 g/mol. The van der Waals surface area contributed by atoms with Crippen LogP contribution in [0, 0.1) is 6.92 Å².